The van der Waals surface area contributed by atoms with Gasteiger partial charge in [-0.2, -0.15) is 0 Å². The first-order chi connectivity index (χ1) is 12.0. The molecule has 0 radical (unpaired) electrons. The maximum absolute atomic E-state index is 12.3. The molecule has 3 rings (SSSR count). The van der Waals surface area contributed by atoms with Gasteiger partial charge in [-0.05, 0) is 56.4 Å². The highest BCUT2D eigenvalue weighted by Crippen LogP contribution is 2.17. The van der Waals surface area contributed by atoms with Crippen LogP contribution < -0.4 is 10.0 Å². The summed E-state index contributed by atoms with van der Waals surface area (Å²) >= 11 is 0. The molecule has 1 aromatic rings. The van der Waals surface area contributed by atoms with Crippen molar-refractivity contribution in [2.75, 3.05) is 31.6 Å². The van der Waals surface area contributed by atoms with E-state index in [1.54, 1.807) is 17.0 Å². The molecule has 0 saturated carbocycles. The van der Waals surface area contributed by atoms with Crippen LogP contribution >= 0.6 is 0 Å². The summed E-state index contributed by atoms with van der Waals surface area (Å²) in [6.07, 6.45) is 5.02. The Morgan fingerprint density at radius 2 is 1.84 bits per heavy atom. The van der Waals surface area contributed by atoms with E-state index in [4.69, 9.17) is 4.74 Å². The van der Waals surface area contributed by atoms with Crippen molar-refractivity contribution in [2.24, 2.45) is 0 Å². The van der Waals surface area contributed by atoms with Crippen molar-refractivity contribution in [2.45, 2.75) is 43.1 Å². The Bertz CT molecular complexity index is 678. The number of carbonyl (C=O) groups is 1. The second-order valence-corrected chi connectivity index (χ2v) is 8.26. The maximum atomic E-state index is 12.3. The number of piperidine rings is 1. The molecule has 1 atom stereocenters. The van der Waals surface area contributed by atoms with Crippen molar-refractivity contribution >= 4 is 21.7 Å². The minimum Gasteiger partial charge on any atom is -0.377 e. The van der Waals surface area contributed by atoms with E-state index in [1.807, 2.05) is 0 Å². The number of hydrogen-bond acceptors (Lipinski definition) is 4. The number of anilines is 1. The highest BCUT2D eigenvalue weighted by atomic mass is 32.2. The van der Waals surface area contributed by atoms with Crippen LogP contribution in [-0.2, 0) is 14.8 Å². The van der Waals surface area contributed by atoms with Gasteiger partial charge in [0, 0.05) is 31.9 Å². The van der Waals surface area contributed by atoms with Gasteiger partial charge in [-0.3, -0.25) is 0 Å². The summed E-state index contributed by atoms with van der Waals surface area (Å²) < 4.78 is 32.6. The lowest BCUT2D eigenvalue weighted by molar-refractivity contribution is 0.114. The number of benzene rings is 1. The molecule has 2 amide bonds. The number of nitrogens with zero attached hydrogens (tertiary/aromatic N) is 1. The van der Waals surface area contributed by atoms with Gasteiger partial charge in [-0.15, -0.1) is 0 Å². The van der Waals surface area contributed by atoms with Crippen LogP contribution in [-0.4, -0.2) is 51.7 Å². The van der Waals surface area contributed by atoms with Gasteiger partial charge >= 0.3 is 6.03 Å². The predicted octanol–water partition coefficient (Wildman–Crippen LogP) is 2.16. The number of nitrogens with one attached hydrogen (secondary N) is 2. The normalized spacial score (nSPS) is 21.3. The summed E-state index contributed by atoms with van der Waals surface area (Å²) in [5, 5.41) is 2.82. The van der Waals surface area contributed by atoms with Gasteiger partial charge in [0.1, 0.15) is 0 Å². The summed E-state index contributed by atoms with van der Waals surface area (Å²) in [4.78, 5) is 14.1. The van der Waals surface area contributed by atoms with E-state index < -0.39 is 10.0 Å². The quantitative estimate of drug-likeness (QED) is 0.835. The van der Waals surface area contributed by atoms with E-state index in [2.05, 4.69) is 10.0 Å². The van der Waals surface area contributed by atoms with E-state index in [1.165, 1.54) is 12.1 Å². The van der Waals surface area contributed by atoms with E-state index >= 15 is 0 Å². The van der Waals surface area contributed by atoms with Gasteiger partial charge < -0.3 is 15.0 Å². The van der Waals surface area contributed by atoms with Crippen LogP contribution in [0.2, 0.25) is 0 Å². The first-order valence-corrected chi connectivity index (χ1v) is 10.3. The number of rotatable bonds is 5. The third kappa shape index (κ3) is 4.93. The molecule has 8 heteroatoms. The molecule has 2 fully saturated rings. The molecule has 138 valence electrons. The summed E-state index contributed by atoms with van der Waals surface area (Å²) in [6.45, 7) is 2.52. The molecule has 2 aliphatic heterocycles. The Hall–Kier alpha value is -1.64. The lowest BCUT2D eigenvalue weighted by Crippen LogP contribution is -2.38. The number of likely N-dealkylation sites (tertiary alicyclic amines) is 1. The van der Waals surface area contributed by atoms with Crippen LogP contribution in [0.3, 0.4) is 0 Å². The van der Waals surface area contributed by atoms with Gasteiger partial charge in [0.25, 0.3) is 0 Å². The monoisotopic (exact) mass is 367 g/mol. The zero-order valence-corrected chi connectivity index (χ0v) is 15.1. The molecule has 2 N–H and O–H groups in total. The van der Waals surface area contributed by atoms with Crippen molar-refractivity contribution < 1.29 is 17.9 Å². The Kier molecular flexibility index (Phi) is 5.93. The second-order valence-electron chi connectivity index (χ2n) is 6.49. The molecule has 0 unspecified atom stereocenters. The fourth-order valence-electron chi connectivity index (χ4n) is 3.11. The molecule has 1 aromatic carbocycles. The number of ether oxygens (including phenoxy) is 1. The summed E-state index contributed by atoms with van der Waals surface area (Å²) in [5.74, 6) is 0. The van der Waals surface area contributed by atoms with E-state index in [9.17, 15) is 13.2 Å². The minimum absolute atomic E-state index is 0.0436. The summed E-state index contributed by atoms with van der Waals surface area (Å²) in [5.41, 5.74) is 0.591. The van der Waals surface area contributed by atoms with Crippen LogP contribution in [0.5, 0.6) is 0 Å². The molecule has 2 saturated heterocycles. The van der Waals surface area contributed by atoms with Crippen molar-refractivity contribution in [3.63, 3.8) is 0 Å². The van der Waals surface area contributed by atoms with Crippen LogP contribution in [0.25, 0.3) is 0 Å². The number of hydrogen-bond donors (Lipinski definition) is 2. The van der Waals surface area contributed by atoms with Crippen molar-refractivity contribution in [3.05, 3.63) is 24.3 Å². The lowest BCUT2D eigenvalue weighted by atomic mass is 10.1. The van der Waals surface area contributed by atoms with Crippen molar-refractivity contribution in [1.82, 2.24) is 9.62 Å². The van der Waals surface area contributed by atoms with Crippen LogP contribution in [0.15, 0.2) is 29.2 Å². The molecule has 0 spiro atoms. The molecular weight excluding hydrogens is 342 g/mol. The SMILES string of the molecule is O=C(Nc1ccc(S(=O)(=O)NC[C@H]2CCCO2)cc1)N1CCCCC1. The Morgan fingerprint density at radius 3 is 2.48 bits per heavy atom. The number of urea groups is 1. The van der Waals surface area contributed by atoms with Gasteiger partial charge in [0.05, 0.1) is 11.0 Å². The third-order valence-corrected chi connectivity index (χ3v) is 6.02. The average molecular weight is 367 g/mol. The van der Waals surface area contributed by atoms with Crippen LogP contribution in [0.4, 0.5) is 10.5 Å². The summed E-state index contributed by atoms with van der Waals surface area (Å²) in [6, 6.07) is 6.10. The average Bonchev–Trinajstić information content (AvgIpc) is 3.15. The topological polar surface area (TPSA) is 87.7 Å². The Labute approximate surface area is 148 Å². The lowest BCUT2D eigenvalue weighted by Gasteiger charge is -2.26. The molecular formula is C17H25N3O4S. The first-order valence-electron chi connectivity index (χ1n) is 8.82. The first kappa shape index (κ1) is 18.2. The molecule has 0 aliphatic carbocycles. The number of amides is 2. The summed E-state index contributed by atoms with van der Waals surface area (Å²) in [7, 11) is -3.57. The third-order valence-electron chi connectivity index (χ3n) is 4.58. The van der Waals surface area contributed by atoms with Gasteiger partial charge in [0.2, 0.25) is 10.0 Å². The molecule has 2 aliphatic rings. The molecule has 25 heavy (non-hydrogen) atoms. The van der Waals surface area contributed by atoms with E-state index in [-0.39, 0.29) is 23.6 Å². The molecule has 0 bridgehead atoms. The zero-order chi connectivity index (χ0) is 17.7. The molecule has 0 aromatic heterocycles. The Balaban J connectivity index is 1.56. The van der Waals surface area contributed by atoms with E-state index in [0.29, 0.717) is 12.3 Å². The smallest absolute Gasteiger partial charge is 0.321 e. The zero-order valence-electron chi connectivity index (χ0n) is 14.2. The standard InChI is InChI=1S/C17H25N3O4S/c21-17(20-10-2-1-3-11-20)19-14-6-8-16(9-7-14)25(22,23)18-13-15-5-4-12-24-15/h6-9,15,18H,1-5,10-13H2,(H,19,21)/t15-/m1/s1. The maximum Gasteiger partial charge on any atom is 0.321 e. The highest BCUT2D eigenvalue weighted by molar-refractivity contribution is 7.89. The van der Waals surface area contributed by atoms with Gasteiger partial charge in [-0.1, -0.05) is 0 Å². The van der Waals surface area contributed by atoms with Gasteiger partial charge in [0.15, 0.2) is 0 Å². The number of carbonyl (C=O) groups excluding carboxylic acids is 1. The van der Waals surface area contributed by atoms with Crippen LogP contribution in [0, 0.1) is 0 Å². The minimum atomic E-state index is -3.57. The predicted molar refractivity (Wildman–Crippen MR) is 95.0 cm³/mol. The van der Waals surface area contributed by atoms with Gasteiger partial charge in [-0.25, -0.2) is 17.9 Å². The highest BCUT2D eigenvalue weighted by Gasteiger charge is 2.21. The van der Waals surface area contributed by atoms with Crippen molar-refractivity contribution in [1.29, 1.82) is 0 Å². The van der Waals surface area contributed by atoms with E-state index in [0.717, 1.165) is 45.2 Å². The largest absolute Gasteiger partial charge is 0.377 e. The Morgan fingerprint density at radius 1 is 1.12 bits per heavy atom. The number of sulfonamides is 1. The van der Waals surface area contributed by atoms with Crippen molar-refractivity contribution in [3.8, 4) is 0 Å². The van der Waals surface area contributed by atoms with Crippen LogP contribution in [0.1, 0.15) is 32.1 Å². The fourth-order valence-corrected chi connectivity index (χ4v) is 4.17. The second kappa shape index (κ2) is 8.16. The molecule has 2 heterocycles. The molecule has 7 nitrogen and oxygen atoms in total. The fraction of sp³-hybridized carbons (Fsp3) is 0.588.